The van der Waals surface area contributed by atoms with E-state index >= 15 is 0 Å². The Morgan fingerprint density at radius 1 is 1.27 bits per heavy atom. The first-order chi connectivity index (χ1) is 6.92. The molecule has 0 heterocycles. The van der Waals surface area contributed by atoms with Crippen molar-refractivity contribution in [2.75, 3.05) is 0 Å². The first-order valence-electron chi connectivity index (χ1n) is 4.17. The Balaban J connectivity index is 2.72. The zero-order valence-corrected chi connectivity index (χ0v) is 7.88. The number of hydrogen-bond acceptors (Lipinski definition) is 3. The first kappa shape index (κ1) is 11.8. The molecule has 1 unspecified atom stereocenters. The fourth-order valence-corrected chi connectivity index (χ4v) is 1.03. The summed E-state index contributed by atoms with van der Waals surface area (Å²) in [6.07, 6.45) is -4.68. The normalized spacial score (nSPS) is 13.7. The van der Waals surface area contributed by atoms with Gasteiger partial charge in [0.1, 0.15) is 5.75 Å². The molecule has 0 radical (unpaired) electrons. The molecule has 1 aromatic carbocycles. The molecule has 0 aliphatic rings. The number of alkyl halides is 3. The molecule has 0 aromatic heterocycles. The Kier molecular flexibility index (Phi) is 3.54. The third-order valence-electron chi connectivity index (χ3n) is 1.81. The molecule has 1 aromatic rings. The van der Waals surface area contributed by atoms with Gasteiger partial charge < -0.3 is 9.94 Å². The molecule has 1 atom stereocenters. The Labute approximate surface area is 84.4 Å². The zero-order valence-electron chi connectivity index (χ0n) is 7.88. The van der Waals surface area contributed by atoms with Gasteiger partial charge in [-0.1, -0.05) is 12.1 Å². The number of hydrogen-bond donors (Lipinski definition) is 2. The van der Waals surface area contributed by atoms with Crippen molar-refractivity contribution in [2.24, 2.45) is 0 Å². The van der Waals surface area contributed by atoms with Crippen LogP contribution in [0.2, 0.25) is 0 Å². The highest BCUT2D eigenvalue weighted by Gasteiger charge is 2.30. The van der Waals surface area contributed by atoms with E-state index in [0.29, 0.717) is 5.56 Å². The van der Waals surface area contributed by atoms with Gasteiger partial charge in [0.25, 0.3) is 0 Å². The lowest BCUT2D eigenvalue weighted by molar-refractivity contribution is -0.274. The van der Waals surface area contributed by atoms with Crippen molar-refractivity contribution >= 4 is 0 Å². The van der Waals surface area contributed by atoms with E-state index in [9.17, 15) is 13.2 Å². The van der Waals surface area contributed by atoms with E-state index < -0.39 is 6.36 Å². The summed E-state index contributed by atoms with van der Waals surface area (Å²) in [6, 6.07) is 4.92. The number of hydroxylamine groups is 1. The van der Waals surface area contributed by atoms with Crippen LogP contribution in [0.4, 0.5) is 13.2 Å². The fourth-order valence-electron chi connectivity index (χ4n) is 1.03. The van der Waals surface area contributed by atoms with Crippen LogP contribution in [0.15, 0.2) is 24.3 Å². The maximum absolute atomic E-state index is 11.8. The molecule has 84 valence electrons. The topological polar surface area (TPSA) is 41.5 Å². The van der Waals surface area contributed by atoms with Gasteiger partial charge in [0.2, 0.25) is 0 Å². The van der Waals surface area contributed by atoms with Gasteiger partial charge in [-0.2, -0.15) is 5.48 Å². The molecule has 6 heteroatoms. The minimum Gasteiger partial charge on any atom is -0.406 e. The van der Waals surface area contributed by atoms with Gasteiger partial charge in [-0.25, -0.2) is 0 Å². The molecular formula is C9H10F3NO2. The van der Waals surface area contributed by atoms with Gasteiger partial charge in [0.05, 0.1) is 6.04 Å². The van der Waals surface area contributed by atoms with Crippen LogP contribution in [-0.2, 0) is 0 Å². The summed E-state index contributed by atoms with van der Waals surface area (Å²) in [5, 5.41) is 8.58. The minimum atomic E-state index is -4.68. The highest BCUT2D eigenvalue weighted by atomic mass is 19.4. The molecule has 0 amide bonds. The van der Waals surface area contributed by atoms with Crippen molar-refractivity contribution in [3.8, 4) is 5.75 Å². The van der Waals surface area contributed by atoms with Crippen molar-refractivity contribution < 1.29 is 23.1 Å². The third kappa shape index (κ3) is 3.77. The van der Waals surface area contributed by atoms with E-state index in [-0.39, 0.29) is 11.8 Å². The molecule has 0 aliphatic carbocycles. The molecule has 1 rings (SSSR count). The van der Waals surface area contributed by atoms with Crippen LogP contribution in [-0.4, -0.2) is 11.6 Å². The Bertz CT molecular complexity index is 310. The van der Waals surface area contributed by atoms with Crippen LogP contribution in [0, 0.1) is 0 Å². The summed E-state index contributed by atoms with van der Waals surface area (Å²) in [7, 11) is 0. The summed E-state index contributed by atoms with van der Waals surface area (Å²) in [5.41, 5.74) is 2.65. The van der Waals surface area contributed by atoms with Gasteiger partial charge >= 0.3 is 6.36 Å². The summed E-state index contributed by atoms with van der Waals surface area (Å²) in [6.45, 7) is 1.67. The highest BCUT2D eigenvalue weighted by Crippen LogP contribution is 2.24. The summed E-state index contributed by atoms with van der Waals surface area (Å²) in [5.74, 6) is -0.281. The molecule has 3 nitrogen and oxygen atoms in total. The van der Waals surface area contributed by atoms with E-state index in [4.69, 9.17) is 5.21 Å². The van der Waals surface area contributed by atoms with Gasteiger partial charge in [-0.3, -0.25) is 0 Å². The van der Waals surface area contributed by atoms with Crippen molar-refractivity contribution in [1.82, 2.24) is 5.48 Å². The van der Waals surface area contributed by atoms with E-state index in [1.807, 2.05) is 5.48 Å². The van der Waals surface area contributed by atoms with Crippen LogP contribution >= 0.6 is 0 Å². The predicted octanol–water partition coefficient (Wildman–Crippen LogP) is 2.63. The molecule has 0 fully saturated rings. The highest BCUT2D eigenvalue weighted by molar-refractivity contribution is 5.28. The first-order valence-corrected chi connectivity index (χ1v) is 4.17. The largest absolute Gasteiger partial charge is 0.573 e. The van der Waals surface area contributed by atoms with Crippen LogP contribution < -0.4 is 10.2 Å². The second kappa shape index (κ2) is 4.50. The van der Waals surface area contributed by atoms with Gasteiger partial charge in [-0.15, -0.1) is 13.2 Å². The maximum atomic E-state index is 11.8. The third-order valence-corrected chi connectivity index (χ3v) is 1.81. The number of ether oxygens (including phenoxy) is 1. The van der Waals surface area contributed by atoms with E-state index in [0.717, 1.165) is 0 Å². The van der Waals surface area contributed by atoms with Crippen LogP contribution in [0.1, 0.15) is 18.5 Å². The Morgan fingerprint density at radius 2 is 1.80 bits per heavy atom. The van der Waals surface area contributed by atoms with Gasteiger partial charge in [0.15, 0.2) is 0 Å². The molecule has 0 aliphatic heterocycles. The van der Waals surface area contributed by atoms with Crippen molar-refractivity contribution in [3.05, 3.63) is 29.8 Å². The van der Waals surface area contributed by atoms with Crippen LogP contribution in [0.25, 0.3) is 0 Å². The van der Waals surface area contributed by atoms with E-state index in [1.165, 1.54) is 24.3 Å². The standard InChI is InChI=1S/C9H10F3NO2/c1-6(13-14)7-2-4-8(5-3-7)15-9(10,11)12/h2-6,13-14H,1H3. The summed E-state index contributed by atoms with van der Waals surface area (Å²) >= 11 is 0. The molecule has 0 spiro atoms. The molecule has 15 heavy (non-hydrogen) atoms. The van der Waals surface area contributed by atoms with Crippen molar-refractivity contribution in [2.45, 2.75) is 19.3 Å². The van der Waals surface area contributed by atoms with E-state index in [1.54, 1.807) is 6.92 Å². The van der Waals surface area contributed by atoms with Crippen molar-refractivity contribution in [3.63, 3.8) is 0 Å². The summed E-state index contributed by atoms with van der Waals surface area (Å²) in [4.78, 5) is 0. The molecule has 0 saturated heterocycles. The Morgan fingerprint density at radius 3 is 2.20 bits per heavy atom. The average molecular weight is 221 g/mol. The minimum absolute atomic E-state index is 0.281. The quantitative estimate of drug-likeness (QED) is 0.771. The van der Waals surface area contributed by atoms with E-state index in [2.05, 4.69) is 4.74 Å². The maximum Gasteiger partial charge on any atom is 0.573 e. The van der Waals surface area contributed by atoms with Crippen molar-refractivity contribution in [1.29, 1.82) is 0 Å². The molecule has 2 N–H and O–H groups in total. The lowest BCUT2D eigenvalue weighted by Crippen LogP contribution is -2.17. The monoisotopic (exact) mass is 221 g/mol. The number of rotatable bonds is 3. The average Bonchev–Trinajstić information content (AvgIpc) is 2.15. The zero-order chi connectivity index (χ0) is 11.5. The molecular weight excluding hydrogens is 211 g/mol. The number of benzene rings is 1. The van der Waals surface area contributed by atoms with Gasteiger partial charge in [0, 0.05) is 0 Å². The smallest absolute Gasteiger partial charge is 0.406 e. The van der Waals surface area contributed by atoms with Gasteiger partial charge in [-0.05, 0) is 24.6 Å². The lowest BCUT2D eigenvalue weighted by Gasteiger charge is -2.11. The second-order valence-corrected chi connectivity index (χ2v) is 2.97. The number of halogens is 3. The molecule has 0 saturated carbocycles. The summed E-state index contributed by atoms with van der Waals surface area (Å²) < 4.78 is 39.1. The molecule has 0 bridgehead atoms. The second-order valence-electron chi connectivity index (χ2n) is 2.97. The van der Waals surface area contributed by atoms with Crippen LogP contribution in [0.5, 0.6) is 5.75 Å². The SMILES string of the molecule is CC(NO)c1ccc(OC(F)(F)F)cc1. The Hall–Kier alpha value is -1.27. The number of nitrogens with one attached hydrogen (secondary N) is 1. The lowest BCUT2D eigenvalue weighted by atomic mass is 10.1. The van der Waals surface area contributed by atoms with Crippen LogP contribution in [0.3, 0.4) is 0 Å². The fraction of sp³-hybridized carbons (Fsp3) is 0.333. The predicted molar refractivity (Wildman–Crippen MR) is 46.5 cm³/mol.